The van der Waals surface area contributed by atoms with Crippen molar-refractivity contribution in [2.24, 2.45) is 0 Å². The van der Waals surface area contributed by atoms with Crippen LogP contribution >= 0.6 is 11.6 Å². The maximum atomic E-state index is 13.2. The maximum absolute atomic E-state index is 13.2. The standard InChI is InChI=1S/C16H15ClFN3/c1-19-15(9-11-5-6-14(18)13(17)8-11)12-10-20-21-7-3-2-4-16(12)21/h2-8,10,15,19H,9H2,1H3. The molecule has 108 valence electrons. The van der Waals surface area contributed by atoms with Gasteiger partial charge in [0.05, 0.1) is 16.7 Å². The maximum Gasteiger partial charge on any atom is 0.141 e. The number of benzene rings is 1. The van der Waals surface area contributed by atoms with E-state index in [1.165, 1.54) is 6.07 Å². The Kier molecular flexibility index (Phi) is 3.90. The van der Waals surface area contributed by atoms with Gasteiger partial charge in [-0.1, -0.05) is 23.7 Å². The molecule has 0 saturated carbocycles. The number of likely N-dealkylation sites (N-methyl/N-ethyl adjacent to an activating group) is 1. The number of hydrogen-bond acceptors (Lipinski definition) is 2. The molecule has 2 aromatic heterocycles. The van der Waals surface area contributed by atoms with Gasteiger partial charge in [0.2, 0.25) is 0 Å². The van der Waals surface area contributed by atoms with Gasteiger partial charge >= 0.3 is 0 Å². The van der Waals surface area contributed by atoms with Crippen LogP contribution in [0, 0.1) is 5.82 Å². The van der Waals surface area contributed by atoms with Crippen molar-refractivity contribution in [3.63, 3.8) is 0 Å². The minimum atomic E-state index is -0.391. The summed E-state index contributed by atoms with van der Waals surface area (Å²) in [6.07, 6.45) is 4.49. The van der Waals surface area contributed by atoms with Crippen LogP contribution in [0.1, 0.15) is 17.2 Å². The molecule has 1 N–H and O–H groups in total. The molecule has 1 atom stereocenters. The van der Waals surface area contributed by atoms with Gasteiger partial charge in [0.15, 0.2) is 0 Å². The Bertz CT molecular complexity index is 769. The average molecular weight is 304 g/mol. The zero-order chi connectivity index (χ0) is 14.8. The van der Waals surface area contributed by atoms with Gasteiger partial charge in [0, 0.05) is 17.8 Å². The van der Waals surface area contributed by atoms with Crippen molar-refractivity contribution in [3.05, 3.63) is 70.8 Å². The van der Waals surface area contributed by atoms with Crippen LogP contribution in [0.2, 0.25) is 5.02 Å². The van der Waals surface area contributed by atoms with Crippen molar-refractivity contribution in [1.29, 1.82) is 0 Å². The Hall–Kier alpha value is -1.91. The minimum absolute atomic E-state index is 0.0893. The van der Waals surface area contributed by atoms with Gasteiger partial charge in [-0.05, 0) is 43.3 Å². The third-order valence-corrected chi connectivity index (χ3v) is 3.89. The average Bonchev–Trinajstić information content (AvgIpc) is 2.92. The molecular weight excluding hydrogens is 289 g/mol. The fraction of sp³-hybridized carbons (Fsp3) is 0.188. The number of nitrogens with one attached hydrogen (secondary N) is 1. The second-order valence-corrected chi connectivity index (χ2v) is 5.33. The third-order valence-electron chi connectivity index (χ3n) is 3.60. The minimum Gasteiger partial charge on any atom is -0.313 e. The van der Waals surface area contributed by atoms with Crippen LogP contribution in [0.15, 0.2) is 48.8 Å². The summed E-state index contributed by atoms with van der Waals surface area (Å²) < 4.78 is 15.1. The number of hydrogen-bond donors (Lipinski definition) is 1. The Morgan fingerprint density at radius 3 is 2.95 bits per heavy atom. The van der Waals surface area contributed by atoms with Gasteiger partial charge in [-0.15, -0.1) is 0 Å². The number of nitrogens with zero attached hydrogens (tertiary/aromatic N) is 2. The zero-order valence-electron chi connectivity index (χ0n) is 11.6. The van der Waals surface area contributed by atoms with Gasteiger partial charge in [0.25, 0.3) is 0 Å². The van der Waals surface area contributed by atoms with Crippen molar-refractivity contribution in [2.45, 2.75) is 12.5 Å². The summed E-state index contributed by atoms with van der Waals surface area (Å²) in [6, 6.07) is 10.9. The lowest BCUT2D eigenvalue weighted by Gasteiger charge is -2.15. The SMILES string of the molecule is CNC(Cc1ccc(F)c(Cl)c1)c1cnn2ccccc12. The lowest BCUT2D eigenvalue weighted by Crippen LogP contribution is -2.18. The molecule has 0 bridgehead atoms. The van der Waals surface area contributed by atoms with E-state index in [-0.39, 0.29) is 11.1 Å². The number of pyridine rings is 1. The molecule has 0 spiro atoms. The Balaban J connectivity index is 1.93. The second-order valence-electron chi connectivity index (χ2n) is 4.92. The quantitative estimate of drug-likeness (QED) is 0.797. The van der Waals surface area contributed by atoms with Gasteiger partial charge in [0.1, 0.15) is 5.82 Å². The Labute approximate surface area is 127 Å². The van der Waals surface area contributed by atoms with E-state index in [1.54, 1.807) is 12.1 Å². The predicted molar refractivity (Wildman–Crippen MR) is 82.1 cm³/mol. The molecule has 2 heterocycles. The molecule has 3 rings (SSSR count). The normalized spacial score (nSPS) is 12.7. The first-order valence-corrected chi connectivity index (χ1v) is 7.10. The van der Waals surface area contributed by atoms with Crippen LogP contribution < -0.4 is 5.32 Å². The number of rotatable bonds is 4. The summed E-state index contributed by atoms with van der Waals surface area (Å²) in [7, 11) is 1.90. The Morgan fingerprint density at radius 2 is 2.19 bits per heavy atom. The smallest absolute Gasteiger partial charge is 0.141 e. The van der Waals surface area contributed by atoms with Crippen LogP contribution in [-0.2, 0) is 6.42 Å². The lowest BCUT2D eigenvalue weighted by atomic mass is 10.00. The van der Waals surface area contributed by atoms with E-state index < -0.39 is 5.82 Å². The van der Waals surface area contributed by atoms with E-state index >= 15 is 0 Å². The van der Waals surface area contributed by atoms with E-state index in [9.17, 15) is 4.39 Å². The molecule has 1 unspecified atom stereocenters. The fourth-order valence-corrected chi connectivity index (χ4v) is 2.70. The van der Waals surface area contributed by atoms with Crippen molar-refractivity contribution < 1.29 is 4.39 Å². The number of fused-ring (bicyclic) bond motifs is 1. The molecule has 0 radical (unpaired) electrons. The van der Waals surface area contributed by atoms with Crippen LogP contribution in [-0.4, -0.2) is 16.7 Å². The summed E-state index contributed by atoms with van der Waals surface area (Å²) >= 11 is 5.85. The van der Waals surface area contributed by atoms with Gasteiger partial charge in [-0.25, -0.2) is 8.91 Å². The van der Waals surface area contributed by atoms with Gasteiger partial charge < -0.3 is 5.32 Å². The van der Waals surface area contributed by atoms with Crippen molar-refractivity contribution in [3.8, 4) is 0 Å². The molecule has 0 fully saturated rings. The molecule has 0 aliphatic carbocycles. The van der Waals surface area contributed by atoms with Gasteiger partial charge in [-0.2, -0.15) is 5.10 Å². The number of halogens is 2. The summed E-state index contributed by atoms with van der Waals surface area (Å²) in [4.78, 5) is 0. The molecule has 5 heteroatoms. The topological polar surface area (TPSA) is 29.3 Å². The zero-order valence-corrected chi connectivity index (χ0v) is 12.3. The first-order chi connectivity index (χ1) is 10.2. The first-order valence-electron chi connectivity index (χ1n) is 6.72. The monoisotopic (exact) mass is 303 g/mol. The molecule has 3 aromatic rings. The molecule has 0 aliphatic heterocycles. The molecule has 0 aliphatic rings. The molecule has 3 nitrogen and oxygen atoms in total. The predicted octanol–water partition coefficient (Wildman–Crippen LogP) is 3.63. The van der Waals surface area contributed by atoms with E-state index in [0.29, 0.717) is 6.42 Å². The second kappa shape index (κ2) is 5.84. The molecule has 0 saturated heterocycles. The molecular formula is C16H15ClFN3. The van der Waals surface area contributed by atoms with Crippen LogP contribution in [0.3, 0.4) is 0 Å². The summed E-state index contributed by atoms with van der Waals surface area (Å²) in [6.45, 7) is 0. The molecule has 0 amide bonds. The largest absolute Gasteiger partial charge is 0.313 e. The first kappa shape index (κ1) is 14.0. The molecule has 1 aromatic carbocycles. The summed E-state index contributed by atoms with van der Waals surface area (Å²) in [5.41, 5.74) is 3.15. The van der Waals surface area contributed by atoms with E-state index in [0.717, 1.165) is 16.6 Å². The summed E-state index contributed by atoms with van der Waals surface area (Å²) in [5.74, 6) is -0.391. The van der Waals surface area contributed by atoms with Crippen LogP contribution in [0.25, 0.3) is 5.52 Å². The van der Waals surface area contributed by atoms with Crippen molar-refractivity contribution >= 4 is 17.1 Å². The van der Waals surface area contributed by atoms with E-state index in [4.69, 9.17) is 11.6 Å². The lowest BCUT2D eigenvalue weighted by molar-refractivity contribution is 0.592. The summed E-state index contributed by atoms with van der Waals surface area (Å²) in [5, 5.41) is 7.80. The van der Waals surface area contributed by atoms with Crippen LogP contribution in [0.5, 0.6) is 0 Å². The Morgan fingerprint density at radius 1 is 1.33 bits per heavy atom. The van der Waals surface area contributed by atoms with Crippen molar-refractivity contribution in [2.75, 3.05) is 7.05 Å². The van der Waals surface area contributed by atoms with E-state index in [1.807, 2.05) is 42.2 Å². The van der Waals surface area contributed by atoms with Crippen LogP contribution in [0.4, 0.5) is 4.39 Å². The fourth-order valence-electron chi connectivity index (χ4n) is 2.49. The van der Waals surface area contributed by atoms with Gasteiger partial charge in [-0.3, -0.25) is 0 Å². The molecule has 21 heavy (non-hydrogen) atoms. The van der Waals surface area contributed by atoms with E-state index in [2.05, 4.69) is 10.4 Å². The highest BCUT2D eigenvalue weighted by molar-refractivity contribution is 6.30. The highest BCUT2D eigenvalue weighted by Crippen LogP contribution is 2.24. The van der Waals surface area contributed by atoms with Crippen molar-refractivity contribution in [1.82, 2.24) is 14.9 Å². The highest BCUT2D eigenvalue weighted by atomic mass is 35.5. The number of aromatic nitrogens is 2. The third kappa shape index (κ3) is 2.77. The highest BCUT2D eigenvalue weighted by Gasteiger charge is 2.15.